The number of rotatable bonds is 2. The quantitative estimate of drug-likeness (QED) is 0.497. The predicted octanol–water partition coefficient (Wildman–Crippen LogP) is 4.33. The Morgan fingerprint density at radius 3 is 2.02 bits per heavy atom. The third kappa shape index (κ3) is 3.02. The van der Waals surface area contributed by atoms with Crippen LogP contribution >= 0.6 is 0 Å². The normalized spacial score (nSPS) is 40.9. The molecule has 0 radical (unpaired) electrons. The summed E-state index contributed by atoms with van der Waals surface area (Å²) in [7, 11) is 0. The standard InChI is InChI=1S/C34H28O8/c35-21-14-22(16-7-3-1-4-8-16)40-33-28(21)19-12-26(37)42-32(19)29-18-11-25-34(30(29)33,20-13-27(38)41-31(18)20)24(36)15-23(39-25)17-9-5-2-6-10-17/h1-11,18-20,22-23,29-32H,12-15H2/t18?,19-,20+,22-,23+,29-,30+,31-,32+,34+/m1/s1. The molecule has 8 heteroatoms. The summed E-state index contributed by atoms with van der Waals surface area (Å²) < 4.78 is 25.4. The van der Waals surface area contributed by atoms with Gasteiger partial charge in [-0.05, 0) is 17.2 Å². The van der Waals surface area contributed by atoms with E-state index >= 15 is 0 Å². The van der Waals surface area contributed by atoms with Crippen LogP contribution in [-0.2, 0) is 38.1 Å². The highest BCUT2D eigenvalue weighted by molar-refractivity contribution is 6.00. The van der Waals surface area contributed by atoms with Crippen molar-refractivity contribution in [3.63, 3.8) is 0 Å². The van der Waals surface area contributed by atoms with Gasteiger partial charge in [0.1, 0.15) is 41.3 Å². The van der Waals surface area contributed by atoms with Crippen molar-refractivity contribution in [3.05, 3.63) is 95.0 Å². The fraction of sp³-hybridized carbons (Fsp3) is 0.412. The van der Waals surface area contributed by atoms with Crippen LogP contribution in [0, 0.1) is 35.0 Å². The van der Waals surface area contributed by atoms with Gasteiger partial charge < -0.3 is 18.9 Å². The van der Waals surface area contributed by atoms with Gasteiger partial charge in [0.05, 0.1) is 19.3 Å². The Balaban J connectivity index is 1.25. The Morgan fingerprint density at radius 2 is 1.31 bits per heavy atom. The summed E-state index contributed by atoms with van der Waals surface area (Å²) in [6, 6.07) is 19.3. The van der Waals surface area contributed by atoms with Crippen LogP contribution in [0.15, 0.2) is 83.8 Å². The first-order chi connectivity index (χ1) is 20.4. The number of ether oxygens (including phenoxy) is 4. The molecule has 10 rings (SSSR count). The summed E-state index contributed by atoms with van der Waals surface area (Å²) in [6.45, 7) is 0. The molecular weight excluding hydrogens is 536 g/mol. The van der Waals surface area contributed by atoms with E-state index in [1.807, 2.05) is 66.7 Å². The second-order valence-corrected chi connectivity index (χ2v) is 12.6. The lowest BCUT2D eigenvalue weighted by molar-refractivity contribution is -0.198. The molecule has 4 fully saturated rings. The highest BCUT2D eigenvalue weighted by atomic mass is 16.6. The maximum atomic E-state index is 14.8. The lowest BCUT2D eigenvalue weighted by Gasteiger charge is -2.63. The molecule has 42 heavy (non-hydrogen) atoms. The van der Waals surface area contributed by atoms with E-state index in [0.717, 1.165) is 11.1 Å². The monoisotopic (exact) mass is 564 g/mol. The molecule has 4 aliphatic carbocycles. The van der Waals surface area contributed by atoms with Crippen LogP contribution in [0.25, 0.3) is 0 Å². The molecule has 4 heterocycles. The van der Waals surface area contributed by atoms with Gasteiger partial charge in [0.15, 0.2) is 11.6 Å². The molecule has 10 atom stereocenters. The molecule has 1 spiro atoms. The number of benzene rings is 2. The van der Waals surface area contributed by atoms with Crippen molar-refractivity contribution in [2.75, 3.05) is 0 Å². The van der Waals surface area contributed by atoms with Gasteiger partial charge in [0.2, 0.25) is 0 Å². The van der Waals surface area contributed by atoms with Crippen molar-refractivity contribution < 1.29 is 38.1 Å². The minimum atomic E-state index is -1.26. The molecule has 2 aromatic carbocycles. The number of esters is 2. The molecule has 1 unspecified atom stereocenters. The van der Waals surface area contributed by atoms with Gasteiger partial charge in [-0.1, -0.05) is 60.7 Å². The Morgan fingerprint density at radius 1 is 0.667 bits per heavy atom. The molecule has 2 bridgehead atoms. The second kappa shape index (κ2) is 8.43. The topological polar surface area (TPSA) is 105 Å². The maximum absolute atomic E-state index is 14.8. The highest BCUT2D eigenvalue weighted by Crippen LogP contribution is 2.71. The van der Waals surface area contributed by atoms with Gasteiger partial charge in [-0.2, -0.15) is 0 Å². The van der Waals surface area contributed by atoms with Crippen LogP contribution < -0.4 is 0 Å². The summed E-state index contributed by atoms with van der Waals surface area (Å²) in [5.74, 6) is -2.11. The van der Waals surface area contributed by atoms with E-state index in [1.54, 1.807) is 0 Å². The van der Waals surface area contributed by atoms with Gasteiger partial charge in [-0.25, -0.2) is 0 Å². The molecule has 0 N–H and O–H groups in total. The number of Topliss-reactive ketones (excluding diaryl/α,β-unsaturated/α-hetero) is 2. The zero-order chi connectivity index (χ0) is 28.3. The van der Waals surface area contributed by atoms with E-state index in [1.165, 1.54) is 0 Å². The van der Waals surface area contributed by atoms with Gasteiger partial charge in [-0.3, -0.25) is 19.2 Å². The van der Waals surface area contributed by atoms with Gasteiger partial charge >= 0.3 is 11.9 Å². The molecule has 212 valence electrons. The van der Waals surface area contributed by atoms with Crippen LogP contribution in [0.5, 0.6) is 0 Å². The minimum Gasteiger partial charge on any atom is -0.489 e. The van der Waals surface area contributed by atoms with E-state index in [2.05, 4.69) is 0 Å². The zero-order valence-electron chi connectivity index (χ0n) is 22.6. The molecule has 8 nitrogen and oxygen atoms in total. The van der Waals surface area contributed by atoms with Crippen molar-refractivity contribution in [1.82, 2.24) is 0 Å². The van der Waals surface area contributed by atoms with Gasteiger partial charge in [-0.15, -0.1) is 0 Å². The smallest absolute Gasteiger partial charge is 0.306 e. The number of carbonyl (C=O) groups is 4. The van der Waals surface area contributed by atoms with E-state index < -0.39 is 47.6 Å². The van der Waals surface area contributed by atoms with Crippen LogP contribution in [0.4, 0.5) is 0 Å². The number of hydrogen-bond acceptors (Lipinski definition) is 8. The van der Waals surface area contributed by atoms with E-state index in [0.29, 0.717) is 17.1 Å². The summed E-state index contributed by atoms with van der Waals surface area (Å²) in [6.07, 6.45) is 0.251. The number of fused-ring (bicyclic) bond motifs is 2. The minimum absolute atomic E-state index is 0.0530. The lowest BCUT2D eigenvalue weighted by atomic mass is 9.41. The summed E-state index contributed by atoms with van der Waals surface area (Å²) in [5, 5.41) is 0. The van der Waals surface area contributed by atoms with Crippen molar-refractivity contribution in [3.8, 4) is 0 Å². The SMILES string of the molecule is O=C1C[C@@H]2C3=C(O[C@@H](c4ccccc4)CC3=O)[C@@H]3[C@@H](C4C=C5O[C@H](c6ccccc6)CC(=O)[C@@]53[C@H]3CC(=O)O[C@H]43)[C@H]2O1. The number of carbonyl (C=O) groups excluding carboxylic acids is 4. The van der Waals surface area contributed by atoms with Gasteiger partial charge in [0.25, 0.3) is 0 Å². The predicted molar refractivity (Wildman–Crippen MR) is 144 cm³/mol. The highest BCUT2D eigenvalue weighted by Gasteiger charge is 2.77. The fourth-order valence-corrected chi connectivity index (χ4v) is 9.35. The molecule has 3 saturated heterocycles. The van der Waals surface area contributed by atoms with Crippen LogP contribution in [0.2, 0.25) is 0 Å². The number of hydrogen-bond donors (Lipinski definition) is 0. The Bertz CT molecular complexity index is 1630. The third-order valence-corrected chi connectivity index (χ3v) is 10.8. The fourth-order valence-electron chi connectivity index (χ4n) is 9.35. The van der Waals surface area contributed by atoms with E-state index in [9.17, 15) is 19.2 Å². The summed E-state index contributed by atoms with van der Waals surface area (Å²) in [5.41, 5.74) is 0.981. The van der Waals surface area contributed by atoms with Crippen molar-refractivity contribution in [2.45, 2.75) is 50.1 Å². The molecule has 0 aromatic heterocycles. The zero-order valence-corrected chi connectivity index (χ0v) is 22.6. The first-order valence-corrected chi connectivity index (χ1v) is 14.8. The first kappa shape index (κ1) is 24.4. The molecule has 2 aromatic rings. The number of ketones is 2. The molecular formula is C34H28O8. The second-order valence-electron chi connectivity index (χ2n) is 12.6. The molecule has 4 aliphatic heterocycles. The van der Waals surface area contributed by atoms with Gasteiger partial charge in [0, 0.05) is 41.6 Å². The largest absolute Gasteiger partial charge is 0.489 e. The van der Waals surface area contributed by atoms with Crippen LogP contribution in [0.3, 0.4) is 0 Å². The first-order valence-electron chi connectivity index (χ1n) is 14.8. The van der Waals surface area contributed by atoms with Crippen molar-refractivity contribution in [2.24, 2.45) is 35.0 Å². The molecule has 0 amide bonds. The number of allylic oxidation sites excluding steroid dienone is 2. The summed E-state index contributed by atoms with van der Waals surface area (Å²) in [4.78, 5) is 54.4. The summed E-state index contributed by atoms with van der Waals surface area (Å²) >= 11 is 0. The average molecular weight is 565 g/mol. The third-order valence-electron chi connectivity index (χ3n) is 10.8. The van der Waals surface area contributed by atoms with E-state index in [-0.39, 0.29) is 61.0 Å². The van der Waals surface area contributed by atoms with Crippen molar-refractivity contribution >= 4 is 23.5 Å². The van der Waals surface area contributed by atoms with Crippen LogP contribution in [-0.4, -0.2) is 35.7 Å². The Kier molecular flexibility index (Phi) is 4.90. The lowest BCUT2D eigenvalue weighted by Crippen LogP contribution is -2.68. The van der Waals surface area contributed by atoms with Crippen molar-refractivity contribution in [1.29, 1.82) is 0 Å². The maximum Gasteiger partial charge on any atom is 0.306 e. The van der Waals surface area contributed by atoms with Crippen LogP contribution in [0.1, 0.15) is 49.0 Å². The Hall–Kier alpha value is -4.20. The Labute approximate surface area is 241 Å². The molecule has 8 aliphatic rings. The average Bonchev–Trinajstić information content (AvgIpc) is 3.60. The van der Waals surface area contributed by atoms with E-state index in [4.69, 9.17) is 18.9 Å². The molecule has 1 saturated carbocycles.